The molecule has 20 heavy (non-hydrogen) atoms. The topological polar surface area (TPSA) is 23.5 Å². The number of aliphatic hydroxyl groups excluding tert-OH is 1. The SMILES string of the molecule is CCC(CC)CN(CC)c1cc(C)c(F)cc1C(C)O. The van der Waals surface area contributed by atoms with Gasteiger partial charge in [0.05, 0.1) is 6.10 Å². The maximum absolute atomic E-state index is 13.8. The van der Waals surface area contributed by atoms with Gasteiger partial charge in [0.2, 0.25) is 0 Å². The van der Waals surface area contributed by atoms with Gasteiger partial charge in [-0.05, 0) is 44.4 Å². The summed E-state index contributed by atoms with van der Waals surface area (Å²) in [5.41, 5.74) is 2.28. The number of aliphatic hydroxyl groups is 1. The number of hydrogen-bond acceptors (Lipinski definition) is 2. The zero-order valence-corrected chi connectivity index (χ0v) is 13.4. The van der Waals surface area contributed by atoms with Gasteiger partial charge in [-0.3, -0.25) is 0 Å². The lowest BCUT2D eigenvalue weighted by molar-refractivity contribution is 0.199. The van der Waals surface area contributed by atoms with Crippen LogP contribution >= 0.6 is 0 Å². The second kappa shape index (κ2) is 7.63. The zero-order chi connectivity index (χ0) is 15.3. The molecule has 0 aliphatic carbocycles. The number of benzene rings is 1. The molecule has 0 radical (unpaired) electrons. The van der Waals surface area contributed by atoms with Crippen LogP contribution in [0.5, 0.6) is 0 Å². The van der Waals surface area contributed by atoms with E-state index in [0.29, 0.717) is 17.0 Å². The average molecular weight is 281 g/mol. The molecule has 0 amide bonds. The van der Waals surface area contributed by atoms with Gasteiger partial charge < -0.3 is 10.0 Å². The molecule has 2 nitrogen and oxygen atoms in total. The number of aryl methyl sites for hydroxylation is 1. The highest BCUT2D eigenvalue weighted by molar-refractivity contribution is 5.56. The Kier molecular flexibility index (Phi) is 6.47. The lowest BCUT2D eigenvalue weighted by Gasteiger charge is -2.30. The molecule has 0 heterocycles. The highest BCUT2D eigenvalue weighted by atomic mass is 19.1. The van der Waals surface area contributed by atoms with E-state index < -0.39 is 6.10 Å². The van der Waals surface area contributed by atoms with E-state index in [1.165, 1.54) is 6.07 Å². The lowest BCUT2D eigenvalue weighted by Crippen LogP contribution is -2.30. The minimum atomic E-state index is -0.657. The summed E-state index contributed by atoms with van der Waals surface area (Å²) in [6.45, 7) is 11.8. The van der Waals surface area contributed by atoms with Crippen molar-refractivity contribution in [1.29, 1.82) is 0 Å². The maximum atomic E-state index is 13.8. The minimum Gasteiger partial charge on any atom is -0.389 e. The van der Waals surface area contributed by atoms with Crippen molar-refractivity contribution in [3.63, 3.8) is 0 Å². The fourth-order valence-corrected chi connectivity index (χ4v) is 2.55. The lowest BCUT2D eigenvalue weighted by atomic mass is 10.00. The molecule has 1 atom stereocenters. The Morgan fingerprint density at radius 2 is 1.80 bits per heavy atom. The van der Waals surface area contributed by atoms with Crippen molar-refractivity contribution in [2.45, 2.75) is 53.6 Å². The standard InChI is InChI=1S/C17H28FNO/c1-6-14(7-2)11-19(8-3)17-9-12(4)16(18)10-15(17)13(5)20/h9-10,13-14,20H,6-8,11H2,1-5H3. The molecule has 0 bridgehead atoms. The van der Waals surface area contributed by atoms with E-state index in [-0.39, 0.29) is 5.82 Å². The van der Waals surface area contributed by atoms with Crippen LogP contribution in [0.25, 0.3) is 0 Å². The second-order valence-corrected chi connectivity index (χ2v) is 5.56. The summed E-state index contributed by atoms with van der Waals surface area (Å²) < 4.78 is 13.8. The van der Waals surface area contributed by atoms with Crippen molar-refractivity contribution in [1.82, 2.24) is 0 Å². The van der Waals surface area contributed by atoms with Gasteiger partial charge in [-0.25, -0.2) is 4.39 Å². The molecule has 0 spiro atoms. The smallest absolute Gasteiger partial charge is 0.126 e. The van der Waals surface area contributed by atoms with Crippen LogP contribution in [0.4, 0.5) is 10.1 Å². The molecule has 114 valence electrons. The summed E-state index contributed by atoms with van der Waals surface area (Å²) in [6, 6.07) is 3.34. The van der Waals surface area contributed by atoms with Gasteiger partial charge in [0, 0.05) is 24.3 Å². The number of rotatable bonds is 7. The Morgan fingerprint density at radius 3 is 2.25 bits per heavy atom. The predicted octanol–water partition coefficient (Wildman–Crippen LogP) is 4.45. The highest BCUT2D eigenvalue weighted by Crippen LogP contribution is 2.30. The second-order valence-electron chi connectivity index (χ2n) is 5.56. The quantitative estimate of drug-likeness (QED) is 0.798. The number of hydrogen-bond donors (Lipinski definition) is 1. The Bertz CT molecular complexity index is 427. The first-order valence-electron chi connectivity index (χ1n) is 7.67. The molecule has 1 aromatic rings. The molecule has 0 aliphatic heterocycles. The molecular weight excluding hydrogens is 253 g/mol. The van der Waals surface area contributed by atoms with Crippen molar-refractivity contribution in [3.05, 3.63) is 29.1 Å². The number of anilines is 1. The first kappa shape index (κ1) is 17.0. The monoisotopic (exact) mass is 281 g/mol. The van der Waals surface area contributed by atoms with Gasteiger partial charge in [0.15, 0.2) is 0 Å². The minimum absolute atomic E-state index is 0.247. The molecule has 0 fully saturated rings. The van der Waals surface area contributed by atoms with Crippen LogP contribution in [0, 0.1) is 18.7 Å². The maximum Gasteiger partial charge on any atom is 0.126 e. The van der Waals surface area contributed by atoms with Crippen LogP contribution in [0.15, 0.2) is 12.1 Å². The third-order valence-corrected chi connectivity index (χ3v) is 4.11. The van der Waals surface area contributed by atoms with E-state index >= 15 is 0 Å². The largest absolute Gasteiger partial charge is 0.389 e. The van der Waals surface area contributed by atoms with Gasteiger partial charge >= 0.3 is 0 Å². The van der Waals surface area contributed by atoms with Gasteiger partial charge in [0.1, 0.15) is 5.82 Å². The van der Waals surface area contributed by atoms with Crippen LogP contribution in [0.1, 0.15) is 57.8 Å². The molecule has 1 N–H and O–H groups in total. The molecule has 0 saturated heterocycles. The van der Waals surface area contributed by atoms with Crippen LogP contribution in [0.3, 0.4) is 0 Å². The summed E-state index contributed by atoms with van der Waals surface area (Å²) in [4.78, 5) is 2.26. The van der Waals surface area contributed by atoms with Crippen molar-refractivity contribution >= 4 is 5.69 Å². The normalized spacial score (nSPS) is 12.8. The van der Waals surface area contributed by atoms with E-state index in [9.17, 15) is 9.50 Å². The first-order valence-corrected chi connectivity index (χ1v) is 7.67. The van der Waals surface area contributed by atoms with E-state index in [1.807, 2.05) is 6.07 Å². The van der Waals surface area contributed by atoms with E-state index in [4.69, 9.17) is 0 Å². The molecular formula is C17H28FNO. The summed E-state index contributed by atoms with van der Waals surface area (Å²) in [7, 11) is 0. The van der Waals surface area contributed by atoms with Crippen molar-refractivity contribution < 1.29 is 9.50 Å². The Balaban J connectivity index is 3.16. The fraction of sp³-hybridized carbons (Fsp3) is 0.647. The van der Waals surface area contributed by atoms with Gasteiger partial charge in [-0.2, -0.15) is 0 Å². The molecule has 0 aromatic heterocycles. The van der Waals surface area contributed by atoms with Crippen molar-refractivity contribution in [2.75, 3.05) is 18.0 Å². The molecule has 3 heteroatoms. The Hall–Kier alpha value is -1.09. The third-order valence-electron chi connectivity index (χ3n) is 4.11. The third kappa shape index (κ3) is 3.95. The summed E-state index contributed by atoms with van der Waals surface area (Å²) in [5, 5.41) is 9.92. The number of halogens is 1. The van der Waals surface area contributed by atoms with Crippen molar-refractivity contribution in [3.8, 4) is 0 Å². The summed E-state index contributed by atoms with van der Waals surface area (Å²) in [6.07, 6.45) is 1.62. The molecule has 1 aromatic carbocycles. The molecule has 0 aliphatic rings. The predicted molar refractivity (Wildman–Crippen MR) is 83.7 cm³/mol. The Labute approximate surface area is 122 Å². The first-order chi connectivity index (χ1) is 9.44. The van der Waals surface area contributed by atoms with E-state index in [2.05, 4.69) is 25.7 Å². The van der Waals surface area contributed by atoms with Gasteiger partial charge in [-0.15, -0.1) is 0 Å². The van der Waals surface area contributed by atoms with Gasteiger partial charge in [-0.1, -0.05) is 26.7 Å². The molecule has 0 saturated carbocycles. The van der Waals surface area contributed by atoms with Crippen LogP contribution in [-0.4, -0.2) is 18.2 Å². The van der Waals surface area contributed by atoms with E-state index in [1.54, 1.807) is 13.8 Å². The van der Waals surface area contributed by atoms with Crippen LogP contribution < -0.4 is 4.90 Å². The summed E-state index contributed by atoms with van der Waals surface area (Å²) in [5.74, 6) is 0.380. The zero-order valence-electron chi connectivity index (χ0n) is 13.4. The number of nitrogens with zero attached hydrogens (tertiary/aromatic N) is 1. The fourth-order valence-electron chi connectivity index (χ4n) is 2.55. The van der Waals surface area contributed by atoms with Crippen molar-refractivity contribution in [2.24, 2.45) is 5.92 Å². The highest BCUT2D eigenvalue weighted by Gasteiger charge is 2.18. The van der Waals surface area contributed by atoms with Gasteiger partial charge in [0.25, 0.3) is 0 Å². The van der Waals surface area contributed by atoms with E-state index in [0.717, 1.165) is 31.6 Å². The Morgan fingerprint density at radius 1 is 1.20 bits per heavy atom. The molecule has 1 rings (SSSR count). The summed E-state index contributed by atoms with van der Waals surface area (Å²) >= 11 is 0. The molecule has 1 unspecified atom stereocenters. The average Bonchev–Trinajstić information content (AvgIpc) is 2.43. The van der Waals surface area contributed by atoms with Crippen LogP contribution in [-0.2, 0) is 0 Å². The van der Waals surface area contributed by atoms with Crippen LogP contribution in [0.2, 0.25) is 0 Å².